The number of nitrogens with one attached hydrogen (secondary N) is 1. The number of hydrogen-bond donors (Lipinski definition) is 1. The summed E-state index contributed by atoms with van der Waals surface area (Å²) in [6.45, 7) is 1.60. The molecular formula is C10H12FNO. The van der Waals surface area contributed by atoms with Crippen molar-refractivity contribution in [3.8, 4) is 0 Å². The molecule has 70 valence electrons. The van der Waals surface area contributed by atoms with Crippen LogP contribution >= 0.6 is 0 Å². The molecule has 0 unspecified atom stereocenters. The topological polar surface area (TPSA) is 21.3 Å². The Morgan fingerprint density at radius 3 is 2.31 bits per heavy atom. The van der Waals surface area contributed by atoms with E-state index in [1.165, 1.54) is 12.1 Å². The maximum atomic E-state index is 12.6. The van der Waals surface area contributed by atoms with E-state index in [0.29, 0.717) is 0 Å². The first kappa shape index (κ1) is 8.66. The fourth-order valence-corrected chi connectivity index (χ4v) is 1.57. The van der Waals surface area contributed by atoms with E-state index in [9.17, 15) is 4.39 Å². The predicted octanol–water partition coefficient (Wildman–Crippen LogP) is 1.27. The lowest BCUT2D eigenvalue weighted by molar-refractivity contribution is -0.0565. The molecule has 1 aromatic rings. The first-order chi connectivity index (χ1) is 6.27. The molecule has 1 aliphatic rings. The van der Waals surface area contributed by atoms with Gasteiger partial charge in [-0.25, -0.2) is 4.39 Å². The molecule has 1 saturated heterocycles. The van der Waals surface area contributed by atoms with Gasteiger partial charge in [-0.15, -0.1) is 0 Å². The molecule has 0 atom stereocenters. The number of halogens is 1. The van der Waals surface area contributed by atoms with Gasteiger partial charge in [0.25, 0.3) is 0 Å². The van der Waals surface area contributed by atoms with E-state index in [-0.39, 0.29) is 11.4 Å². The van der Waals surface area contributed by atoms with Crippen molar-refractivity contribution in [1.82, 2.24) is 5.32 Å². The summed E-state index contributed by atoms with van der Waals surface area (Å²) in [5, 5.41) is 3.15. The lowest BCUT2D eigenvalue weighted by Crippen LogP contribution is -2.57. The standard InChI is InChI=1S/C10H12FNO/c1-13-10(6-12-7-10)8-2-4-9(11)5-3-8/h2-5,12H,6-7H2,1H3. The largest absolute Gasteiger partial charge is 0.371 e. The molecule has 0 amide bonds. The van der Waals surface area contributed by atoms with Crippen LogP contribution in [0.25, 0.3) is 0 Å². The minimum atomic E-state index is -0.228. The van der Waals surface area contributed by atoms with E-state index in [0.717, 1.165) is 18.7 Å². The van der Waals surface area contributed by atoms with Gasteiger partial charge in [0.2, 0.25) is 0 Å². The molecular weight excluding hydrogens is 169 g/mol. The SMILES string of the molecule is COC1(c2ccc(F)cc2)CNC1. The summed E-state index contributed by atoms with van der Waals surface area (Å²) in [7, 11) is 1.68. The highest BCUT2D eigenvalue weighted by Gasteiger charge is 2.38. The van der Waals surface area contributed by atoms with Gasteiger partial charge >= 0.3 is 0 Å². The number of rotatable bonds is 2. The van der Waals surface area contributed by atoms with E-state index >= 15 is 0 Å². The molecule has 1 N–H and O–H groups in total. The average Bonchev–Trinajstić information content (AvgIpc) is 2.07. The van der Waals surface area contributed by atoms with Crippen molar-refractivity contribution >= 4 is 0 Å². The first-order valence-corrected chi connectivity index (χ1v) is 4.29. The molecule has 1 heterocycles. The number of benzene rings is 1. The molecule has 2 rings (SSSR count). The molecule has 0 aromatic heterocycles. The molecule has 0 saturated carbocycles. The number of ether oxygens (including phenoxy) is 1. The maximum Gasteiger partial charge on any atom is 0.123 e. The summed E-state index contributed by atoms with van der Waals surface area (Å²) in [6.07, 6.45) is 0. The predicted molar refractivity (Wildman–Crippen MR) is 48.0 cm³/mol. The molecule has 0 spiro atoms. The van der Waals surface area contributed by atoms with Crippen LogP contribution in [0.1, 0.15) is 5.56 Å². The van der Waals surface area contributed by atoms with Crippen molar-refractivity contribution in [1.29, 1.82) is 0 Å². The molecule has 0 bridgehead atoms. The second-order valence-electron chi connectivity index (χ2n) is 3.31. The Morgan fingerprint density at radius 1 is 1.31 bits per heavy atom. The van der Waals surface area contributed by atoms with Crippen LogP contribution in [-0.4, -0.2) is 20.2 Å². The van der Waals surface area contributed by atoms with Crippen LogP contribution in [0.5, 0.6) is 0 Å². The Balaban J connectivity index is 2.28. The van der Waals surface area contributed by atoms with Crippen LogP contribution in [0, 0.1) is 5.82 Å². The zero-order valence-electron chi connectivity index (χ0n) is 7.51. The van der Waals surface area contributed by atoms with Gasteiger partial charge in [-0.05, 0) is 17.7 Å². The lowest BCUT2D eigenvalue weighted by atomic mass is 9.88. The minimum Gasteiger partial charge on any atom is -0.371 e. The van der Waals surface area contributed by atoms with Crippen LogP contribution in [0.2, 0.25) is 0 Å². The van der Waals surface area contributed by atoms with Crippen LogP contribution < -0.4 is 5.32 Å². The van der Waals surface area contributed by atoms with Gasteiger partial charge in [-0.2, -0.15) is 0 Å². The number of methoxy groups -OCH3 is 1. The molecule has 3 heteroatoms. The molecule has 2 nitrogen and oxygen atoms in total. The third-order valence-corrected chi connectivity index (χ3v) is 2.58. The highest BCUT2D eigenvalue weighted by Crippen LogP contribution is 2.28. The van der Waals surface area contributed by atoms with Crippen LogP contribution in [0.15, 0.2) is 24.3 Å². The van der Waals surface area contributed by atoms with Crippen molar-refractivity contribution in [3.05, 3.63) is 35.6 Å². The second-order valence-corrected chi connectivity index (χ2v) is 3.31. The third-order valence-electron chi connectivity index (χ3n) is 2.58. The van der Waals surface area contributed by atoms with Gasteiger partial charge in [-0.1, -0.05) is 12.1 Å². The van der Waals surface area contributed by atoms with Crippen molar-refractivity contribution in [2.24, 2.45) is 0 Å². The van der Waals surface area contributed by atoms with E-state index < -0.39 is 0 Å². The zero-order valence-corrected chi connectivity index (χ0v) is 7.51. The smallest absolute Gasteiger partial charge is 0.123 e. The molecule has 1 aliphatic heterocycles. The summed E-state index contributed by atoms with van der Waals surface area (Å²) in [4.78, 5) is 0. The minimum absolute atomic E-state index is 0.206. The van der Waals surface area contributed by atoms with Crippen LogP contribution in [0.4, 0.5) is 4.39 Å². The van der Waals surface area contributed by atoms with Crippen LogP contribution in [0.3, 0.4) is 0 Å². The summed E-state index contributed by atoms with van der Waals surface area (Å²) in [5.41, 5.74) is 0.809. The van der Waals surface area contributed by atoms with E-state index in [4.69, 9.17) is 4.74 Å². The Kier molecular flexibility index (Phi) is 2.06. The third kappa shape index (κ3) is 1.34. The summed E-state index contributed by atoms with van der Waals surface area (Å²) >= 11 is 0. The normalized spacial score (nSPS) is 19.5. The Morgan fingerprint density at radius 2 is 1.92 bits per heavy atom. The van der Waals surface area contributed by atoms with Gasteiger partial charge in [0.05, 0.1) is 0 Å². The molecule has 1 fully saturated rings. The van der Waals surface area contributed by atoms with E-state index in [2.05, 4.69) is 5.32 Å². The maximum absolute atomic E-state index is 12.6. The highest BCUT2D eigenvalue weighted by molar-refractivity contribution is 5.26. The van der Waals surface area contributed by atoms with E-state index in [1.54, 1.807) is 19.2 Å². The first-order valence-electron chi connectivity index (χ1n) is 4.29. The average molecular weight is 181 g/mol. The summed E-state index contributed by atoms with van der Waals surface area (Å²) in [6, 6.07) is 6.49. The van der Waals surface area contributed by atoms with Crippen molar-refractivity contribution < 1.29 is 9.13 Å². The number of hydrogen-bond acceptors (Lipinski definition) is 2. The Labute approximate surface area is 76.7 Å². The molecule has 1 aromatic carbocycles. The van der Waals surface area contributed by atoms with Gasteiger partial charge in [0.1, 0.15) is 11.4 Å². The van der Waals surface area contributed by atoms with Gasteiger partial charge < -0.3 is 10.1 Å². The summed E-state index contributed by atoms with van der Waals surface area (Å²) < 4.78 is 18.1. The summed E-state index contributed by atoms with van der Waals surface area (Å²) in [5.74, 6) is -0.206. The van der Waals surface area contributed by atoms with Crippen molar-refractivity contribution in [2.45, 2.75) is 5.60 Å². The van der Waals surface area contributed by atoms with Gasteiger partial charge in [-0.3, -0.25) is 0 Å². The van der Waals surface area contributed by atoms with Crippen molar-refractivity contribution in [2.75, 3.05) is 20.2 Å². The fraction of sp³-hybridized carbons (Fsp3) is 0.400. The second kappa shape index (κ2) is 3.09. The highest BCUT2D eigenvalue weighted by atomic mass is 19.1. The van der Waals surface area contributed by atoms with Gasteiger partial charge in [0.15, 0.2) is 0 Å². The molecule has 0 radical (unpaired) electrons. The lowest BCUT2D eigenvalue weighted by Gasteiger charge is -2.41. The van der Waals surface area contributed by atoms with Crippen molar-refractivity contribution in [3.63, 3.8) is 0 Å². The van der Waals surface area contributed by atoms with Gasteiger partial charge in [0, 0.05) is 20.2 Å². The zero-order chi connectivity index (χ0) is 9.31. The molecule has 0 aliphatic carbocycles. The van der Waals surface area contributed by atoms with E-state index in [1.807, 2.05) is 0 Å². The Hall–Kier alpha value is -0.930. The Bertz CT molecular complexity index is 287. The quantitative estimate of drug-likeness (QED) is 0.741. The van der Waals surface area contributed by atoms with Crippen LogP contribution in [-0.2, 0) is 10.3 Å². The fourth-order valence-electron chi connectivity index (χ4n) is 1.57. The monoisotopic (exact) mass is 181 g/mol. The molecule has 13 heavy (non-hydrogen) atoms.